The Balaban J connectivity index is 1.49. The van der Waals surface area contributed by atoms with Crippen LogP contribution in [0.25, 0.3) is 0 Å². The van der Waals surface area contributed by atoms with Gasteiger partial charge >= 0.3 is 6.36 Å². The molecule has 1 N–H and O–H groups in total. The molecule has 0 aliphatic heterocycles. The van der Waals surface area contributed by atoms with Gasteiger partial charge in [0.2, 0.25) is 5.91 Å². The smallest absolute Gasteiger partial charge is 0.326 e. The molecule has 1 amide bonds. The van der Waals surface area contributed by atoms with E-state index in [0.29, 0.717) is 10.6 Å². The Morgan fingerprint density at radius 3 is 2.23 bits per heavy atom. The zero-order chi connectivity index (χ0) is 32.7. The van der Waals surface area contributed by atoms with Gasteiger partial charge in [0.05, 0.1) is 21.0 Å². The van der Waals surface area contributed by atoms with Crippen LogP contribution in [-0.2, 0) is 27.2 Å². The number of halogens is 10. The van der Waals surface area contributed by atoms with Gasteiger partial charge in [-0.15, -0.1) is 36.4 Å². The van der Waals surface area contributed by atoms with Gasteiger partial charge in [0.25, 0.3) is 0 Å². The molecular formula is C29H19Cl5F5NO4. The van der Waals surface area contributed by atoms with E-state index >= 15 is 4.39 Å². The van der Waals surface area contributed by atoms with Crippen LogP contribution in [0.3, 0.4) is 0 Å². The Labute approximate surface area is 272 Å². The molecule has 0 bridgehead atoms. The topological polar surface area (TPSA) is 72.5 Å². The molecule has 1 aliphatic rings. The molecule has 1 saturated carbocycles. The summed E-state index contributed by atoms with van der Waals surface area (Å²) in [4.78, 5) is 38.3. The van der Waals surface area contributed by atoms with Crippen molar-refractivity contribution in [1.29, 1.82) is 0 Å². The molecule has 5 nitrogen and oxygen atoms in total. The van der Waals surface area contributed by atoms with Gasteiger partial charge in [-0.1, -0.05) is 46.9 Å². The number of ketones is 2. The van der Waals surface area contributed by atoms with Crippen LogP contribution in [0.15, 0.2) is 48.5 Å². The average molecular weight is 718 g/mol. The van der Waals surface area contributed by atoms with Crippen LogP contribution in [0.5, 0.6) is 0 Å². The molecule has 0 aromatic heterocycles. The maximum absolute atomic E-state index is 15.2. The molecule has 44 heavy (non-hydrogen) atoms. The maximum atomic E-state index is 15.2. The molecule has 1 fully saturated rings. The summed E-state index contributed by atoms with van der Waals surface area (Å²) in [5, 5.41) is 3.13. The first kappa shape index (κ1) is 34.4. The molecule has 3 atom stereocenters. The standard InChI is InChI=1S/C29H19Cl5F5NO4/c1-12(44-29(37,38)39)22(41)11-17-21(35)7-3-14(26(17)36)9-23(42)16-10-15(4-6-18(16)30)40-27(43)25-24(28(25,33)34)13-2-5-19(31)20(32)8-13/h2-8,10,12,24-25H,9,11H2,1H3,(H,40,43)/t12?,24-,25+/m0/s1. The second-order valence-corrected chi connectivity index (χ2v) is 12.6. The van der Waals surface area contributed by atoms with Crippen molar-refractivity contribution in [2.75, 3.05) is 5.32 Å². The van der Waals surface area contributed by atoms with Crippen molar-refractivity contribution in [3.05, 3.63) is 97.5 Å². The van der Waals surface area contributed by atoms with Gasteiger partial charge in [-0.3, -0.25) is 19.1 Å². The van der Waals surface area contributed by atoms with Crippen molar-refractivity contribution in [3.63, 3.8) is 0 Å². The summed E-state index contributed by atoms with van der Waals surface area (Å²) < 4.78 is 69.0. The molecule has 0 spiro atoms. The summed E-state index contributed by atoms with van der Waals surface area (Å²) in [6, 6.07) is 10.4. The SMILES string of the molecule is CC(OC(F)(F)F)C(=O)Cc1c(F)ccc(CC(=O)c2cc(NC(=O)[C@H]3[C@H](c4ccc(Cl)c(Cl)c4)C3(Cl)Cl)ccc2Cl)c1F. The maximum Gasteiger partial charge on any atom is 0.523 e. The molecule has 3 aromatic rings. The Kier molecular flexibility index (Phi) is 10.2. The largest absolute Gasteiger partial charge is 0.523 e. The lowest BCUT2D eigenvalue weighted by atomic mass is 9.97. The fourth-order valence-corrected chi connectivity index (χ4v) is 5.96. The molecular weight excluding hydrogens is 699 g/mol. The lowest BCUT2D eigenvalue weighted by Crippen LogP contribution is -2.30. The molecule has 1 aliphatic carbocycles. The monoisotopic (exact) mass is 715 g/mol. The van der Waals surface area contributed by atoms with Crippen LogP contribution >= 0.6 is 58.0 Å². The number of hydrogen-bond acceptors (Lipinski definition) is 4. The van der Waals surface area contributed by atoms with E-state index in [2.05, 4.69) is 10.1 Å². The fraction of sp³-hybridized carbons (Fsp3) is 0.276. The highest BCUT2D eigenvalue weighted by atomic mass is 35.5. The summed E-state index contributed by atoms with van der Waals surface area (Å²) in [5.74, 6) is -6.53. The first-order chi connectivity index (χ1) is 20.4. The van der Waals surface area contributed by atoms with Gasteiger partial charge in [0.1, 0.15) is 22.1 Å². The highest BCUT2D eigenvalue weighted by Crippen LogP contribution is 2.65. The molecule has 1 unspecified atom stereocenters. The number of carbonyl (C=O) groups is 3. The molecule has 0 saturated heterocycles. The third kappa shape index (κ3) is 7.66. The minimum absolute atomic E-state index is 0.0480. The van der Waals surface area contributed by atoms with Crippen LogP contribution in [0, 0.1) is 17.6 Å². The van der Waals surface area contributed by atoms with E-state index in [1.165, 1.54) is 18.2 Å². The van der Waals surface area contributed by atoms with E-state index < -0.39 is 76.1 Å². The quantitative estimate of drug-likeness (QED) is 0.129. The molecule has 4 rings (SSSR count). The van der Waals surface area contributed by atoms with Crippen molar-refractivity contribution in [1.82, 2.24) is 0 Å². The number of nitrogens with one attached hydrogen (secondary N) is 1. The summed E-state index contributed by atoms with van der Waals surface area (Å²) in [6.45, 7) is 0.795. The minimum atomic E-state index is -5.13. The van der Waals surface area contributed by atoms with Crippen LogP contribution in [0.1, 0.15) is 39.9 Å². The number of carbonyl (C=O) groups excluding carboxylic acids is 3. The van der Waals surface area contributed by atoms with Gasteiger partial charge in [-0.25, -0.2) is 8.78 Å². The summed E-state index contributed by atoms with van der Waals surface area (Å²) in [7, 11) is 0. The molecule has 234 valence electrons. The molecule has 3 aromatic carbocycles. The predicted molar refractivity (Wildman–Crippen MR) is 157 cm³/mol. The van der Waals surface area contributed by atoms with Crippen LogP contribution < -0.4 is 5.32 Å². The molecule has 0 radical (unpaired) electrons. The van der Waals surface area contributed by atoms with Gasteiger partial charge in [0.15, 0.2) is 11.6 Å². The van der Waals surface area contributed by atoms with Crippen LogP contribution in [-0.4, -0.2) is 34.3 Å². The Hall–Kier alpha value is -2.47. The van der Waals surface area contributed by atoms with E-state index in [9.17, 15) is 31.9 Å². The zero-order valence-corrected chi connectivity index (χ0v) is 26.0. The number of rotatable bonds is 10. The molecule has 0 heterocycles. The van der Waals surface area contributed by atoms with Crippen LogP contribution in [0.4, 0.5) is 27.6 Å². The van der Waals surface area contributed by atoms with Gasteiger partial charge < -0.3 is 5.32 Å². The summed E-state index contributed by atoms with van der Waals surface area (Å²) >= 11 is 31.0. The number of hydrogen-bond donors (Lipinski definition) is 1. The number of alkyl halides is 5. The Morgan fingerprint density at radius 1 is 0.932 bits per heavy atom. The van der Waals surface area contributed by atoms with Gasteiger partial charge in [-0.05, 0) is 54.4 Å². The number of benzene rings is 3. The lowest BCUT2D eigenvalue weighted by molar-refractivity contribution is -0.335. The second kappa shape index (κ2) is 13.1. The third-order valence-corrected chi connectivity index (χ3v) is 8.91. The zero-order valence-electron chi connectivity index (χ0n) is 22.2. The van der Waals surface area contributed by atoms with Crippen molar-refractivity contribution in [3.8, 4) is 0 Å². The number of Topliss-reactive ketones (excluding diaryl/α,β-unsaturated/α-hetero) is 2. The van der Waals surface area contributed by atoms with Crippen molar-refractivity contribution < 1.29 is 41.1 Å². The van der Waals surface area contributed by atoms with Crippen molar-refractivity contribution in [2.45, 2.75) is 42.5 Å². The van der Waals surface area contributed by atoms with E-state index in [4.69, 9.17) is 58.0 Å². The van der Waals surface area contributed by atoms with E-state index in [1.807, 2.05) is 0 Å². The number of ether oxygens (including phenoxy) is 1. The van der Waals surface area contributed by atoms with Gasteiger partial charge in [0, 0.05) is 35.6 Å². The summed E-state index contributed by atoms with van der Waals surface area (Å²) in [5.41, 5.74) is -0.572. The highest BCUT2D eigenvalue weighted by Gasteiger charge is 2.67. The minimum Gasteiger partial charge on any atom is -0.326 e. The first-order valence-corrected chi connectivity index (χ1v) is 14.5. The van der Waals surface area contributed by atoms with Crippen LogP contribution in [0.2, 0.25) is 15.1 Å². The lowest BCUT2D eigenvalue weighted by Gasteiger charge is -2.15. The summed E-state index contributed by atoms with van der Waals surface area (Å²) in [6.07, 6.45) is -8.86. The third-order valence-electron chi connectivity index (χ3n) is 6.90. The van der Waals surface area contributed by atoms with Gasteiger partial charge in [-0.2, -0.15) is 0 Å². The number of anilines is 1. The first-order valence-electron chi connectivity index (χ1n) is 12.6. The highest BCUT2D eigenvalue weighted by molar-refractivity contribution is 6.53. The normalized spacial score (nSPS) is 18.1. The predicted octanol–water partition coefficient (Wildman–Crippen LogP) is 8.91. The number of amides is 1. The Morgan fingerprint density at radius 2 is 1.59 bits per heavy atom. The van der Waals surface area contributed by atoms with Crippen molar-refractivity contribution in [2.24, 2.45) is 5.92 Å². The van der Waals surface area contributed by atoms with Crippen molar-refractivity contribution >= 4 is 81.2 Å². The van der Waals surface area contributed by atoms with E-state index in [0.717, 1.165) is 19.1 Å². The molecule has 15 heteroatoms. The van der Waals surface area contributed by atoms with E-state index in [-0.39, 0.29) is 26.9 Å². The van der Waals surface area contributed by atoms with E-state index in [1.54, 1.807) is 18.2 Å². The average Bonchev–Trinajstić information content (AvgIpc) is 3.51. The fourth-order valence-electron chi connectivity index (χ4n) is 4.61. The Bertz CT molecular complexity index is 1650. The second-order valence-electron chi connectivity index (χ2n) is 9.94.